The van der Waals surface area contributed by atoms with E-state index in [4.69, 9.17) is 9.47 Å². The summed E-state index contributed by atoms with van der Waals surface area (Å²) in [5.41, 5.74) is 3.83. The van der Waals surface area contributed by atoms with Crippen molar-refractivity contribution in [3.05, 3.63) is 42.2 Å². The van der Waals surface area contributed by atoms with Crippen molar-refractivity contribution in [2.24, 2.45) is 0 Å². The minimum absolute atomic E-state index is 0.0297. The van der Waals surface area contributed by atoms with Crippen molar-refractivity contribution in [3.63, 3.8) is 0 Å². The summed E-state index contributed by atoms with van der Waals surface area (Å²) >= 11 is 0. The Hall–Kier alpha value is -3.42. The Kier molecular flexibility index (Phi) is 6.10. The SMILES string of the molecule is COc1ncc(-c2ccc3ncc(C#N)c(N4CC(C)OC(C)C4)c3c2)cc1NS(C)(=O)=O. The number of hydrogen-bond acceptors (Lipinski definition) is 8. The first-order valence-electron chi connectivity index (χ1n) is 10.4. The number of rotatable bonds is 5. The van der Waals surface area contributed by atoms with Crippen LogP contribution in [0.2, 0.25) is 0 Å². The lowest BCUT2D eigenvalue weighted by molar-refractivity contribution is -0.00514. The number of anilines is 2. The zero-order valence-electron chi connectivity index (χ0n) is 18.9. The fourth-order valence-corrected chi connectivity index (χ4v) is 4.73. The first-order valence-corrected chi connectivity index (χ1v) is 12.3. The molecule has 0 spiro atoms. The van der Waals surface area contributed by atoms with E-state index in [-0.39, 0.29) is 23.8 Å². The minimum Gasteiger partial charge on any atom is -0.480 e. The summed E-state index contributed by atoms with van der Waals surface area (Å²) in [7, 11) is -2.09. The maximum Gasteiger partial charge on any atom is 0.238 e. The van der Waals surface area contributed by atoms with Crippen LogP contribution in [0.25, 0.3) is 22.0 Å². The molecular weight excluding hydrogens is 442 g/mol. The van der Waals surface area contributed by atoms with E-state index >= 15 is 0 Å². The van der Waals surface area contributed by atoms with Crippen LogP contribution in [0.4, 0.5) is 11.4 Å². The molecule has 3 heterocycles. The van der Waals surface area contributed by atoms with Crippen LogP contribution in [0.3, 0.4) is 0 Å². The molecule has 2 unspecified atom stereocenters. The van der Waals surface area contributed by atoms with E-state index in [1.807, 2.05) is 32.0 Å². The fourth-order valence-electron chi connectivity index (χ4n) is 4.19. The number of pyridine rings is 2. The Morgan fingerprint density at radius 1 is 1.15 bits per heavy atom. The molecule has 1 saturated heterocycles. The zero-order valence-corrected chi connectivity index (χ0v) is 19.7. The number of fused-ring (bicyclic) bond motifs is 1. The summed E-state index contributed by atoms with van der Waals surface area (Å²) in [5.74, 6) is 0.176. The molecule has 2 aromatic heterocycles. The molecule has 9 nitrogen and oxygen atoms in total. The van der Waals surface area contributed by atoms with Crippen LogP contribution in [-0.4, -0.2) is 57.0 Å². The first kappa shape index (κ1) is 22.8. The van der Waals surface area contributed by atoms with Gasteiger partial charge in [0.05, 0.1) is 42.3 Å². The van der Waals surface area contributed by atoms with Gasteiger partial charge in [0.25, 0.3) is 0 Å². The summed E-state index contributed by atoms with van der Waals surface area (Å²) in [4.78, 5) is 10.9. The third-order valence-corrected chi connectivity index (χ3v) is 5.96. The van der Waals surface area contributed by atoms with Gasteiger partial charge >= 0.3 is 0 Å². The molecule has 0 saturated carbocycles. The lowest BCUT2D eigenvalue weighted by Crippen LogP contribution is -2.45. The highest BCUT2D eigenvalue weighted by Crippen LogP contribution is 2.35. The highest BCUT2D eigenvalue weighted by atomic mass is 32.2. The van der Waals surface area contributed by atoms with Crippen molar-refractivity contribution in [2.75, 3.05) is 36.1 Å². The van der Waals surface area contributed by atoms with Crippen molar-refractivity contribution in [1.29, 1.82) is 5.26 Å². The van der Waals surface area contributed by atoms with Gasteiger partial charge < -0.3 is 14.4 Å². The monoisotopic (exact) mass is 467 g/mol. The van der Waals surface area contributed by atoms with Gasteiger partial charge in [0, 0.05) is 36.4 Å². The average Bonchev–Trinajstić information content (AvgIpc) is 2.76. The molecule has 1 aliphatic heterocycles. The molecule has 0 bridgehead atoms. The number of nitriles is 1. The average molecular weight is 468 g/mol. The summed E-state index contributed by atoms with van der Waals surface area (Å²) in [5, 5.41) is 10.6. The third-order valence-electron chi connectivity index (χ3n) is 5.37. The second-order valence-corrected chi connectivity index (χ2v) is 9.93. The van der Waals surface area contributed by atoms with Crippen molar-refractivity contribution in [1.82, 2.24) is 9.97 Å². The van der Waals surface area contributed by atoms with Crippen molar-refractivity contribution >= 4 is 32.3 Å². The number of nitrogens with zero attached hydrogens (tertiary/aromatic N) is 4. The fraction of sp³-hybridized carbons (Fsp3) is 0.348. The maximum absolute atomic E-state index is 11.8. The molecule has 1 N–H and O–H groups in total. The molecule has 1 aromatic carbocycles. The van der Waals surface area contributed by atoms with E-state index in [9.17, 15) is 13.7 Å². The Bertz CT molecular complexity index is 1340. The molecule has 172 valence electrons. The van der Waals surface area contributed by atoms with E-state index in [0.717, 1.165) is 28.4 Å². The minimum atomic E-state index is -3.52. The van der Waals surface area contributed by atoms with Crippen LogP contribution < -0.4 is 14.4 Å². The van der Waals surface area contributed by atoms with Crippen molar-refractivity contribution < 1.29 is 17.9 Å². The highest BCUT2D eigenvalue weighted by molar-refractivity contribution is 7.92. The lowest BCUT2D eigenvalue weighted by Gasteiger charge is -2.37. The second-order valence-electron chi connectivity index (χ2n) is 8.18. The van der Waals surface area contributed by atoms with Gasteiger partial charge in [-0.05, 0) is 37.6 Å². The van der Waals surface area contributed by atoms with Gasteiger partial charge in [-0.25, -0.2) is 13.4 Å². The molecule has 1 aliphatic rings. The van der Waals surface area contributed by atoms with Crippen LogP contribution in [0, 0.1) is 11.3 Å². The summed E-state index contributed by atoms with van der Waals surface area (Å²) < 4.78 is 37.1. The van der Waals surface area contributed by atoms with Crippen LogP contribution in [0.5, 0.6) is 5.88 Å². The van der Waals surface area contributed by atoms with E-state index in [1.165, 1.54) is 7.11 Å². The summed E-state index contributed by atoms with van der Waals surface area (Å²) in [6.45, 7) is 5.36. The largest absolute Gasteiger partial charge is 0.480 e. The summed E-state index contributed by atoms with van der Waals surface area (Å²) in [6.07, 6.45) is 4.35. The molecule has 3 aromatic rings. The standard InChI is InChI=1S/C23H25N5O4S/c1-14-12-28(13-15(2)32-14)22-18(9-24)11-25-20-6-5-16(7-19(20)22)17-8-21(27-33(4,29)30)23(31-3)26-10-17/h5-8,10-11,14-15,27H,12-13H2,1-4H3. The third kappa shape index (κ3) is 4.84. The molecule has 0 amide bonds. The number of ether oxygens (including phenoxy) is 2. The van der Waals surface area contributed by atoms with E-state index in [0.29, 0.717) is 24.2 Å². The van der Waals surface area contributed by atoms with Crippen LogP contribution in [-0.2, 0) is 14.8 Å². The molecule has 1 fully saturated rings. The van der Waals surface area contributed by atoms with E-state index < -0.39 is 10.0 Å². The van der Waals surface area contributed by atoms with Gasteiger partial charge in [-0.3, -0.25) is 9.71 Å². The van der Waals surface area contributed by atoms with Crippen LogP contribution in [0.1, 0.15) is 19.4 Å². The lowest BCUT2D eigenvalue weighted by atomic mass is 10.0. The predicted molar refractivity (Wildman–Crippen MR) is 127 cm³/mol. The van der Waals surface area contributed by atoms with Gasteiger partial charge in [0.15, 0.2) is 0 Å². The maximum atomic E-state index is 11.8. The van der Waals surface area contributed by atoms with Crippen molar-refractivity contribution in [2.45, 2.75) is 26.1 Å². The Labute approximate surface area is 193 Å². The van der Waals surface area contributed by atoms with Gasteiger partial charge in [-0.1, -0.05) is 6.07 Å². The van der Waals surface area contributed by atoms with Gasteiger partial charge in [-0.15, -0.1) is 0 Å². The Balaban J connectivity index is 1.86. The normalized spacial score (nSPS) is 18.7. The quantitative estimate of drug-likeness (QED) is 0.608. The number of benzene rings is 1. The first-order chi connectivity index (χ1) is 15.7. The zero-order chi connectivity index (χ0) is 23.8. The predicted octanol–water partition coefficient (Wildman–Crippen LogP) is 3.16. The number of nitrogens with one attached hydrogen (secondary N) is 1. The number of hydrogen-bond donors (Lipinski definition) is 1. The van der Waals surface area contributed by atoms with Gasteiger partial charge in [-0.2, -0.15) is 5.26 Å². The number of morpholine rings is 1. The van der Waals surface area contributed by atoms with E-state index in [1.54, 1.807) is 18.5 Å². The molecule has 4 rings (SSSR count). The Morgan fingerprint density at radius 2 is 1.88 bits per heavy atom. The molecule has 10 heteroatoms. The second kappa shape index (κ2) is 8.84. The number of methoxy groups -OCH3 is 1. The van der Waals surface area contributed by atoms with Gasteiger partial charge in [0.1, 0.15) is 11.8 Å². The molecule has 0 radical (unpaired) electrons. The van der Waals surface area contributed by atoms with Crippen LogP contribution >= 0.6 is 0 Å². The Morgan fingerprint density at radius 3 is 2.52 bits per heavy atom. The van der Waals surface area contributed by atoms with E-state index in [2.05, 4.69) is 25.7 Å². The molecular formula is C23H25N5O4S. The van der Waals surface area contributed by atoms with Crippen molar-refractivity contribution in [3.8, 4) is 23.1 Å². The topological polar surface area (TPSA) is 117 Å². The molecule has 2 atom stereocenters. The number of sulfonamides is 1. The number of aromatic nitrogens is 2. The van der Waals surface area contributed by atoms with Gasteiger partial charge in [0.2, 0.25) is 15.9 Å². The summed E-state index contributed by atoms with van der Waals surface area (Å²) in [6, 6.07) is 9.68. The molecule has 0 aliphatic carbocycles. The molecule has 33 heavy (non-hydrogen) atoms. The highest BCUT2D eigenvalue weighted by Gasteiger charge is 2.26. The smallest absolute Gasteiger partial charge is 0.238 e. The van der Waals surface area contributed by atoms with Crippen LogP contribution in [0.15, 0.2) is 36.7 Å².